The van der Waals surface area contributed by atoms with Crippen LogP contribution in [0.4, 0.5) is 0 Å². The summed E-state index contributed by atoms with van der Waals surface area (Å²) in [6, 6.07) is 1.11. The lowest BCUT2D eigenvalue weighted by molar-refractivity contribution is 0.134. The molecule has 1 saturated heterocycles. The molecule has 1 aliphatic heterocycles. The molecule has 2 heteroatoms. The molecule has 1 saturated carbocycles. The van der Waals surface area contributed by atoms with Crippen molar-refractivity contribution in [3.05, 3.63) is 0 Å². The van der Waals surface area contributed by atoms with Crippen molar-refractivity contribution in [3.8, 4) is 0 Å². The molecule has 94 valence electrons. The van der Waals surface area contributed by atoms with Crippen LogP contribution in [0.2, 0.25) is 0 Å². The smallest absolute Gasteiger partial charge is 0.0249 e. The van der Waals surface area contributed by atoms with E-state index in [2.05, 4.69) is 25.7 Å². The fraction of sp³-hybridized carbons (Fsp3) is 1.00. The molecule has 0 bridgehead atoms. The first kappa shape index (κ1) is 12.4. The van der Waals surface area contributed by atoms with Gasteiger partial charge in [-0.15, -0.1) is 0 Å². The van der Waals surface area contributed by atoms with Gasteiger partial charge in [0, 0.05) is 18.6 Å². The van der Waals surface area contributed by atoms with Gasteiger partial charge in [0.25, 0.3) is 0 Å². The Labute approximate surface area is 101 Å². The molecular weight excluding hydrogens is 196 g/mol. The number of nitrogens with two attached hydrogens (primary N) is 1. The van der Waals surface area contributed by atoms with E-state index in [4.69, 9.17) is 5.73 Å². The van der Waals surface area contributed by atoms with Crippen molar-refractivity contribution in [1.82, 2.24) is 4.90 Å². The summed E-state index contributed by atoms with van der Waals surface area (Å²) in [7, 11) is 0. The summed E-state index contributed by atoms with van der Waals surface area (Å²) in [5, 5.41) is 0. The minimum atomic E-state index is 0.433. The Bertz CT molecular complexity index is 227. The summed E-state index contributed by atoms with van der Waals surface area (Å²) in [6.45, 7) is 9.68. The fourth-order valence-electron chi connectivity index (χ4n) is 3.45. The van der Waals surface area contributed by atoms with Crippen molar-refractivity contribution < 1.29 is 0 Å². The highest BCUT2D eigenvalue weighted by Crippen LogP contribution is 2.32. The summed E-state index contributed by atoms with van der Waals surface area (Å²) in [6.07, 6.45) is 5.27. The first-order valence-electron chi connectivity index (χ1n) is 7.07. The lowest BCUT2D eigenvalue weighted by Crippen LogP contribution is -2.50. The predicted molar refractivity (Wildman–Crippen MR) is 69.3 cm³/mol. The Hall–Kier alpha value is -0.0800. The van der Waals surface area contributed by atoms with Gasteiger partial charge in [0.15, 0.2) is 0 Å². The van der Waals surface area contributed by atoms with Crippen LogP contribution in [0, 0.1) is 17.8 Å². The molecule has 1 heterocycles. The largest absolute Gasteiger partial charge is 0.326 e. The van der Waals surface area contributed by atoms with Gasteiger partial charge in [0.05, 0.1) is 0 Å². The van der Waals surface area contributed by atoms with E-state index in [1.807, 2.05) is 0 Å². The van der Waals surface area contributed by atoms with Crippen LogP contribution < -0.4 is 5.73 Å². The molecule has 0 aromatic rings. The van der Waals surface area contributed by atoms with Gasteiger partial charge in [-0.1, -0.05) is 20.8 Å². The molecule has 0 amide bonds. The zero-order valence-corrected chi connectivity index (χ0v) is 11.2. The molecule has 0 spiro atoms. The fourth-order valence-corrected chi connectivity index (χ4v) is 3.45. The summed E-state index contributed by atoms with van der Waals surface area (Å²) in [5.74, 6) is 2.62. The van der Waals surface area contributed by atoms with Crippen molar-refractivity contribution in [2.24, 2.45) is 23.5 Å². The lowest BCUT2D eigenvalue weighted by Gasteiger charge is -2.39. The highest BCUT2D eigenvalue weighted by molar-refractivity contribution is 4.92. The maximum absolute atomic E-state index is 6.30. The molecule has 0 radical (unpaired) electrons. The predicted octanol–water partition coefficient (Wildman–Crippen LogP) is 2.48. The average molecular weight is 224 g/mol. The van der Waals surface area contributed by atoms with Gasteiger partial charge in [0.2, 0.25) is 0 Å². The highest BCUT2D eigenvalue weighted by atomic mass is 15.2. The molecule has 0 aromatic carbocycles. The monoisotopic (exact) mass is 224 g/mol. The van der Waals surface area contributed by atoms with Crippen molar-refractivity contribution in [3.63, 3.8) is 0 Å². The molecule has 2 aliphatic rings. The van der Waals surface area contributed by atoms with Crippen molar-refractivity contribution in [2.45, 2.75) is 58.5 Å². The molecule has 16 heavy (non-hydrogen) atoms. The zero-order valence-electron chi connectivity index (χ0n) is 11.2. The van der Waals surface area contributed by atoms with Gasteiger partial charge < -0.3 is 5.73 Å². The third-order valence-corrected chi connectivity index (χ3v) is 4.80. The van der Waals surface area contributed by atoms with E-state index in [-0.39, 0.29) is 0 Å². The molecule has 0 aromatic heterocycles. The second-order valence-electron chi connectivity index (χ2n) is 6.44. The summed E-state index contributed by atoms with van der Waals surface area (Å²) in [4.78, 5) is 2.69. The van der Waals surface area contributed by atoms with E-state index >= 15 is 0 Å². The molecular formula is C14H28N2. The van der Waals surface area contributed by atoms with Crippen LogP contribution in [-0.2, 0) is 0 Å². The Morgan fingerprint density at radius 2 is 1.94 bits per heavy atom. The van der Waals surface area contributed by atoms with Crippen LogP contribution in [-0.4, -0.2) is 30.1 Å². The quantitative estimate of drug-likeness (QED) is 0.781. The first-order valence-corrected chi connectivity index (χ1v) is 7.07. The number of likely N-dealkylation sites (tertiary alicyclic amines) is 1. The van der Waals surface area contributed by atoms with E-state index in [1.165, 1.54) is 38.8 Å². The Balaban J connectivity index is 1.92. The topological polar surface area (TPSA) is 29.3 Å². The molecule has 4 unspecified atom stereocenters. The Kier molecular flexibility index (Phi) is 3.91. The second kappa shape index (κ2) is 5.05. The van der Waals surface area contributed by atoms with Crippen LogP contribution in [0.3, 0.4) is 0 Å². The number of rotatable bonds is 2. The van der Waals surface area contributed by atoms with Crippen LogP contribution in [0.15, 0.2) is 0 Å². The molecule has 2 fully saturated rings. The SMILES string of the molecule is CC1CCC(N)C(N2CCC(C(C)C)C2)C1. The van der Waals surface area contributed by atoms with Crippen LogP contribution >= 0.6 is 0 Å². The molecule has 4 atom stereocenters. The third-order valence-electron chi connectivity index (χ3n) is 4.80. The van der Waals surface area contributed by atoms with E-state index in [0.717, 1.165) is 17.8 Å². The molecule has 2 N–H and O–H groups in total. The van der Waals surface area contributed by atoms with Crippen LogP contribution in [0.5, 0.6) is 0 Å². The summed E-state index contributed by atoms with van der Waals surface area (Å²) < 4.78 is 0. The van der Waals surface area contributed by atoms with E-state index in [9.17, 15) is 0 Å². The van der Waals surface area contributed by atoms with Gasteiger partial charge in [0.1, 0.15) is 0 Å². The summed E-state index contributed by atoms with van der Waals surface area (Å²) in [5.41, 5.74) is 6.30. The van der Waals surface area contributed by atoms with Crippen molar-refractivity contribution in [1.29, 1.82) is 0 Å². The molecule has 2 nitrogen and oxygen atoms in total. The van der Waals surface area contributed by atoms with E-state index < -0.39 is 0 Å². The zero-order chi connectivity index (χ0) is 11.7. The molecule has 1 aliphatic carbocycles. The van der Waals surface area contributed by atoms with Gasteiger partial charge in [-0.2, -0.15) is 0 Å². The minimum absolute atomic E-state index is 0.433. The van der Waals surface area contributed by atoms with E-state index in [0.29, 0.717) is 12.1 Å². The lowest BCUT2D eigenvalue weighted by atomic mass is 9.83. The van der Waals surface area contributed by atoms with Gasteiger partial charge in [-0.3, -0.25) is 4.90 Å². The first-order chi connectivity index (χ1) is 7.58. The standard InChI is InChI=1S/C14H28N2/c1-10(2)12-6-7-16(9-12)14-8-11(3)4-5-13(14)15/h10-14H,4-9,15H2,1-3H3. The van der Waals surface area contributed by atoms with Crippen molar-refractivity contribution in [2.75, 3.05) is 13.1 Å². The van der Waals surface area contributed by atoms with E-state index in [1.54, 1.807) is 0 Å². The highest BCUT2D eigenvalue weighted by Gasteiger charge is 2.35. The maximum atomic E-state index is 6.30. The van der Waals surface area contributed by atoms with Gasteiger partial charge in [-0.25, -0.2) is 0 Å². The van der Waals surface area contributed by atoms with Crippen LogP contribution in [0.25, 0.3) is 0 Å². The third kappa shape index (κ3) is 2.60. The van der Waals surface area contributed by atoms with Gasteiger partial charge in [-0.05, 0) is 50.0 Å². The van der Waals surface area contributed by atoms with Crippen molar-refractivity contribution >= 4 is 0 Å². The Morgan fingerprint density at radius 3 is 2.56 bits per heavy atom. The Morgan fingerprint density at radius 1 is 1.19 bits per heavy atom. The normalized spacial score (nSPS) is 41.8. The number of hydrogen-bond donors (Lipinski definition) is 1. The summed E-state index contributed by atoms with van der Waals surface area (Å²) >= 11 is 0. The maximum Gasteiger partial charge on any atom is 0.0249 e. The molecule has 2 rings (SSSR count). The average Bonchev–Trinajstić information content (AvgIpc) is 2.70. The van der Waals surface area contributed by atoms with Gasteiger partial charge >= 0.3 is 0 Å². The second-order valence-corrected chi connectivity index (χ2v) is 6.44. The number of nitrogens with zero attached hydrogens (tertiary/aromatic N) is 1. The minimum Gasteiger partial charge on any atom is -0.326 e. The number of hydrogen-bond acceptors (Lipinski definition) is 2. The van der Waals surface area contributed by atoms with Crippen LogP contribution in [0.1, 0.15) is 46.5 Å².